The van der Waals surface area contributed by atoms with E-state index < -0.39 is 10.1 Å². The van der Waals surface area contributed by atoms with Crippen molar-refractivity contribution in [1.29, 1.82) is 0 Å². The summed E-state index contributed by atoms with van der Waals surface area (Å²) in [5.41, 5.74) is 0.786. The first-order valence-corrected chi connectivity index (χ1v) is 9.49. The lowest BCUT2D eigenvalue weighted by atomic mass is 9.99. The van der Waals surface area contributed by atoms with E-state index in [0.29, 0.717) is 18.8 Å². The number of fused-ring (bicyclic) bond motifs is 1. The van der Waals surface area contributed by atoms with E-state index in [0.717, 1.165) is 24.8 Å². The Morgan fingerprint density at radius 3 is 2.79 bits per heavy atom. The molecule has 1 unspecified atom stereocenters. The Bertz CT molecular complexity index is 852. The van der Waals surface area contributed by atoms with Gasteiger partial charge < -0.3 is 0 Å². The molecule has 0 radical (unpaired) electrons. The third-order valence-electron chi connectivity index (χ3n) is 4.35. The zero-order chi connectivity index (χ0) is 17.2. The molecule has 0 saturated carbocycles. The van der Waals surface area contributed by atoms with Crippen molar-refractivity contribution in [2.24, 2.45) is 0 Å². The summed E-state index contributed by atoms with van der Waals surface area (Å²) >= 11 is 0. The first kappa shape index (κ1) is 16.9. The lowest BCUT2D eigenvalue weighted by Crippen LogP contribution is -2.19. The van der Waals surface area contributed by atoms with Crippen LogP contribution in [0.1, 0.15) is 43.0 Å². The molecule has 0 saturated heterocycles. The second-order valence-electron chi connectivity index (χ2n) is 6.11. The average Bonchev–Trinajstić information content (AvgIpc) is 2.78. The molecule has 1 aromatic carbocycles. The van der Waals surface area contributed by atoms with Crippen molar-refractivity contribution in [3.8, 4) is 0 Å². The van der Waals surface area contributed by atoms with Crippen molar-refractivity contribution in [3.05, 3.63) is 46.1 Å². The Hall–Kier alpha value is -1.93. The molecule has 7 nitrogen and oxygen atoms in total. The van der Waals surface area contributed by atoms with Crippen LogP contribution in [-0.4, -0.2) is 29.8 Å². The fourth-order valence-electron chi connectivity index (χ4n) is 2.99. The van der Waals surface area contributed by atoms with Gasteiger partial charge in [0.25, 0.3) is 10.1 Å². The molecule has 1 aromatic heterocycles. The molecule has 1 N–H and O–H groups in total. The van der Waals surface area contributed by atoms with Crippen LogP contribution < -0.4 is 5.69 Å². The summed E-state index contributed by atoms with van der Waals surface area (Å²) in [4.78, 5) is 11.9. The molecule has 2 heterocycles. The van der Waals surface area contributed by atoms with Gasteiger partial charge in [0, 0.05) is 12.5 Å². The van der Waals surface area contributed by atoms with Gasteiger partial charge >= 0.3 is 5.69 Å². The van der Waals surface area contributed by atoms with Gasteiger partial charge in [0.15, 0.2) is 0 Å². The normalized spacial score (nSPS) is 18.1. The minimum absolute atomic E-state index is 0.0275. The molecule has 1 aliphatic rings. The van der Waals surface area contributed by atoms with E-state index in [4.69, 9.17) is 4.18 Å². The van der Waals surface area contributed by atoms with E-state index in [1.807, 2.05) is 6.92 Å². The number of hydrogen-bond acceptors (Lipinski definition) is 5. The summed E-state index contributed by atoms with van der Waals surface area (Å²) < 4.78 is 31.2. The summed E-state index contributed by atoms with van der Waals surface area (Å²) in [6.07, 6.45) is 3.29. The number of rotatable bonds is 5. The first-order valence-electron chi connectivity index (χ1n) is 8.08. The van der Waals surface area contributed by atoms with E-state index >= 15 is 0 Å². The minimum Gasteiger partial charge on any atom is -0.279 e. The first-order chi connectivity index (χ1) is 11.5. The maximum absolute atomic E-state index is 12.2. The van der Waals surface area contributed by atoms with Gasteiger partial charge in [0.2, 0.25) is 0 Å². The monoisotopic (exact) mass is 351 g/mol. The molecule has 130 valence electrons. The van der Waals surface area contributed by atoms with Gasteiger partial charge in [-0.3, -0.25) is 8.75 Å². The number of hydrogen-bond donors (Lipinski definition) is 1. The van der Waals surface area contributed by atoms with Crippen molar-refractivity contribution in [1.82, 2.24) is 14.8 Å². The number of benzene rings is 1. The zero-order valence-electron chi connectivity index (χ0n) is 13.6. The fourth-order valence-corrected chi connectivity index (χ4v) is 3.92. The average molecular weight is 351 g/mol. The second kappa shape index (κ2) is 6.90. The van der Waals surface area contributed by atoms with Gasteiger partial charge in [-0.15, -0.1) is 0 Å². The number of nitrogens with one attached hydrogen (secondary N) is 1. The lowest BCUT2D eigenvalue weighted by Gasteiger charge is -2.13. The summed E-state index contributed by atoms with van der Waals surface area (Å²) in [6.45, 7) is 2.62. The molecule has 1 atom stereocenters. The van der Waals surface area contributed by atoms with Crippen LogP contribution in [0.5, 0.6) is 0 Å². The molecule has 1 aliphatic heterocycles. The topological polar surface area (TPSA) is 94.1 Å². The molecule has 0 spiro atoms. The predicted molar refractivity (Wildman–Crippen MR) is 88.4 cm³/mol. The third-order valence-corrected chi connectivity index (χ3v) is 5.68. The number of aryl methyl sites for hydroxylation is 1. The highest BCUT2D eigenvalue weighted by atomic mass is 32.2. The highest BCUT2D eigenvalue weighted by molar-refractivity contribution is 7.86. The lowest BCUT2D eigenvalue weighted by molar-refractivity contribution is 0.294. The van der Waals surface area contributed by atoms with Crippen molar-refractivity contribution in [3.63, 3.8) is 0 Å². The van der Waals surface area contributed by atoms with E-state index in [2.05, 4.69) is 10.2 Å². The van der Waals surface area contributed by atoms with Crippen LogP contribution in [0.2, 0.25) is 0 Å². The van der Waals surface area contributed by atoms with Crippen molar-refractivity contribution < 1.29 is 12.6 Å². The zero-order valence-corrected chi connectivity index (χ0v) is 14.4. The van der Waals surface area contributed by atoms with Crippen LogP contribution in [0.15, 0.2) is 34.0 Å². The molecule has 0 fully saturated rings. The number of aromatic nitrogens is 3. The highest BCUT2D eigenvalue weighted by Gasteiger charge is 2.23. The van der Waals surface area contributed by atoms with Crippen LogP contribution in [0, 0.1) is 6.92 Å². The Labute approximate surface area is 140 Å². The predicted octanol–water partition coefficient (Wildman–Crippen LogP) is 1.94. The smallest absolute Gasteiger partial charge is 0.279 e. The minimum atomic E-state index is -3.76. The quantitative estimate of drug-likeness (QED) is 0.831. The summed E-state index contributed by atoms with van der Waals surface area (Å²) in [6, 6.07) is 6.57. The SMILES string of the molecule is Cc1ccc(S(=O)(=O)OCCC2CCCCn3c2n[nH]c3=O)cc1. The largest absolute Gasteiger partial charge is 0.343 e. The van der Waals surface area contributed by atoms with Crippen LogP contribution in [0.4, 0.5) is 0 Å². The molecule has 0 aliphatic carbocycles. The molecule has 3 rings (SSSR count). The van der Waals surface area contributed by atoms with Crippen molar-refractivity contribution >= 4 is 10.1 Å². The molecule has 0 bridgehead atoms. The van der Waals surface area contributed by atoms with E-state index in [1.54, 1.807) is 28.8 Å². The maximum Gasteiger partial charge on any atom is 0.343 e. The fraction of sp³-hybridized carbons (Fsp3) is 0.500. The number of H-pyrrole nitrogens is 1. The van der Waals surface area contributed by atoms with Gasteiger partial charge in [-0.1, -0.05) is 24.1 Å². The molecule has 0 amide bonds. The van der Waals surface area contributed by atoms with Crippen LogP contribution in [0.3, 0.4) is 0 Å². The van der Waals surface area contributed by atoms with Gasteiger partial charge in [0.1, 0.15) is 5.82 Å². The molecular formula is C16H21N3O4S. The van der Waals surface area contributed by atoms with E-state index in [-0.39, 0.29) is 23.1 Å². The molecule has 8 heteroatoms. The Kier molecular flexibility index (Phi) is 4.86. The molecular weight excluding hydrogens is 330 g/mol. The maximum atomic E-state index is 12.2. The van der Waals surface area contributed by atoms with Crippen molar-refractivity contribution in [2.45, 2.75) is 50.0 Å². The molecule has 2 aromatic rings. The standard InChI is InChI=1S/C16H21N3O4S/c1-12-5-7-14(8-6-12)24(21,22)23-11-9-13-4-2-3-10-19-15(13)17-18-16(19)20/h5-8,13H,2-4,9-11H2,1H3,(H,18,20). The number of aromatic amines is 1. The summed E-state index contributed by atoms with van der Waals surface area (Å²) in [5, 5.41) is 6.57. The van der Waals surface area contributed by atoms with E-state index in [9.17, 15) is 13.2 Å². The number of nitrogens with zero attached hydrogens (tertiary/aromatic N) is 2. The van der Waals surface area contributed by atoms with Crippen molar-refractivity contribution in [2.75, 3.05) is 6.61 Å². The summed E-state index contributed by atoms with van der Waals surface area (Å²) in [7, 11) is -3.76. The highest BCUT2D eigenvalue weighted by Crippen LogP contribution is 2.27. The van der Waals surface area contributed by atoms with Crippen LogP contribution in [0.25, 0.3) is 0 Å². The second-order valence-corrected chi connectivity index (χ2v) is 7.72. The van der Waals surface area contributed by atoms with Gasteiger partial charge in [-0.2, -0.15) is 13.5 Å². The Balaban J connectivity index is 1.66. The van der Waals surface area contributed by atoms with Crippen LogP contribution >= 0.6 is 0 Å². The molecule has 24 heavy (non-hydrogen) atoms. The Morgan fingerprint density at radius 2 is 2.04 bits per heavy atom. The van der Waals surface area contributed by atoms with E-state index in [1.165, 1.54) is 0 Å². The van der Waals surface area contributed by atoms with Gasteiger partial charge in [-0.05, 0) is 38.3 Å². The summed E-state index contributed by atoms with van der Waals surface area (Å²) in [5.74, 6) is 0.730. The third kappa shape index (κ3) is 3.59. The Morgan fingerprint density at radius 1 is 1.29 bits per heavy atom. The van der Waals surface area contributed by atoms with Gasteiger partial charge in [0.05, 0.1) is 11.5 Å². The van der Waals surface area contributed by atoms with Gasteiger partial charge in [-0.25, -0.2) is 9.89 Å². The van der Waals surface area contributed by atoms with Crippen LogP contribution in [-0.2, 0) is 20.8 Å².